The van der Waals surface area contributed by atoms with Gasteiger partial charge in [-0.1, -0.05) is 107 Å². The lowest BCUT2D eigenvalue weighted by Crippen LogP contribution is -2.33. The number of hydrazone groups is 1. The van der Waals surface area contributed by atoms with Crippen LogP contribution < -0.4 is 5.01 Å². The van der Waals surface area contributed by atoms with Gasteiger partial charge in [0, 0.05) is 6.42 Å². The average Bonchev–Trinajstić information content (AvgIpc) is 3.16. The Labute approximate surface area is 186 Å². The molecule has 0 bridgehead atoms. The molecule has 31 heavy (non-hydrogen) atoms. The van der Waals surface area contributed by atoms with Crippen molar-refractivity contribution in [3.8, 4) is 0 Å². The average molecular weight is 419 g/mol. The quantitative estimate of drug-likeness (QED) is 0.274. The molecule has 4 nitrogen and oxygen atoms in total. The summed E-state index contributed by atoms with van der Waals surface area (Å²) in [6, 6.07) is 18.9. The van der Waals surface area contributed by atoms with Gasteiger partial charge in [-0.3, -0.25) is 9.59 Å². The fourth-order valence-corrected chi connectivity index (χ4v) is 4.09. The number of anilines is 1. The zero-order chi connectivity index (χ0) is 21.9. The molecule has 3 rings (SSSR count). The molecule has 0 N–H and O–H groups in total. The van der Waals surface area contributed by atoms with Crippen LogP contribution in [-0.2, 0) is 9.59 Å². The summed E-state index contributed by atoms with van der Waals surface area (Å²) in [4.78, 5) is 26.3. The zero-order valence-electron chi connectivity index (χ0n) is 18.6. The minimum Gasteiger partial charge on any atom is -0.298 e. The summed E-state index contributed by atoms with van der Waals surface area (Å²) in [5.74, 6) is -1.07. The SMILES string of the molecule is CCCCCCCCCCCC(=O)[C@@H]1C(=O)N(c2ccccc2)N=C1c1ccccc1. The van der Waals surface area contributed by atoms with Crippen LogP contribution in [0.2, 0.25) is 0 Å². The van der Waals surface area contributed by atoms with E-state index >= 15 is 0 Å². The van der Waals surface area contributed by atoms with Crippen molar-refractivity contribution in [2.45, 2.75) is 71.1 Å². The molecule has 2 aromatic rings. The molecule has 0 saturated carbocycles. The van der Waals surface area contributed by atoms with E-state index in [0.29, 0.717) is 17.8 Å². The number of unbranched alkanes of at least 4 members (excludes halogenated alkanes) is 8. The van der Waals surface area contributed by atoms with Gasteiger partial charge >= 0.3 is 0 Å². The first-order valence-electron chi connectivity index (χ1n) is 11.8. The topological polar surface area (TPSA) is 49.7 Å². The van der Waals surface area contributed by atoms with Gasteiger partial charge in [-0.15, -0.1) is 0 Å². The van der Waals surface area contributed by atoms with Crippen LogP contribution in [-0.4, -0.2) is 17.4 Å². The van der Waals surface area contributed by atoms with Gasteiger partial charge in [0.05, 0.1) is 11.4 Å². The van der Waals surface area contributed by atoms with Crippen LogP contribution in [0.15, 0.2) is 65.8 Å². The molecule has 0 aliphatic carbocycles. The number of hydrogen-bond acceptors (Lipinski definition) is 3. The highest BCUT2D eigenvalue weighted by molar-refractivity contribution is 6.31. The van der Waals surface area contributed by atoms with Gasteiger partial charge in [-0.25, -0.2) is 0 Å². The van der Waals surface area contributed by atoms with E-state index in [9.17, 15) is 9.59 Å². The van der Waals surface area contributed by atoms with Crippen LogP contribution in [0.25, 0.3) is 0 Å². The summed E-state index contributed by atoms with van der Waals surface area (Å²) in [6.45, 7) is 2.24. The number of nitrogens with zero attached hydrogens (tertiary/aromatic N) is 2. The molecule has 0 fully saturated rings. The fraction of sp³-hybridized carbons (Fsp3) is 0.444. The lowest BCUT2D eigenvalue weighted by molar-refractivity contribution is -0.129. The third-order valence-corrected chi connectivity index (χ3v) is 5.86. The van der Waals surface area contributed by atoms with Gasteiger partial charge in [0.1, 0.15) is 5.92 Å². The molecule has 164 valence electrons. The standard InChI is InChI=1S/C27H34N2O2/c1-2-3-4-5-6-7-8-9-16-21-24(30)25-26(22-17-12-10-13-18-22)28-29(27(25)31)23-19-14-11-15-20-23/h10-15,17-20,25H,2-9,16,21H2,1H3/t25-/m0/s1. The van der Waals surface area contributed by atoms with Crippen molar-refractivity contribution in [2.75, 3.05) is 5.01 Å². The molecule has 4 heteroatoms. The minimum atomic E-state index is -0.809. The molecule has 1 heterocycles. The van der Waals surface area contributed by atoms with Crippen molar-refractivity contribution >= 4 is 23.1 Å². The van der Waals surface area contributed by atoms with Gasteiger partial charge in [0.25, 0.3) is 5.91 Å². The number of carbonyl (C=O) groups excluding carboxylic acids is 2. The second kappa shape index (κ2) is 12.2. The molecule has 0 radical (unpaired) electrons. The molecule has 2 aromatic carbocycles. The predicted octanol–water partition coefficient (Wildman–Crippen LogP) is 6.54. The molecule has 1 aliphatic heterocycles. The van der Waals surface area contributed by atoms with Crippen LogP contribution in [0.4, 0.5) is 5.69 Å². The largest absolute Gasteiger partial charge is 0.298 e. The Balaban J connectivity index is 1.58. The highest BCUT2D eigenvalue weighted by Crippen LogP contribution is 2.28. The Morgan fingerprint density at radius 1 is 0.806 bits per heavy atom. The summed E-state index contributed by atoms with van der Waals surface area (Å²) >= 11 is 0. The summed E-state index contributed by atoms with van der Waals surface area (Å²) in [5.41, 5.74) is 2.09. The summed E-state index contributed by atoms with van der Waals surface area (Å²) < 4.78 is 0. The lowest BCUT2D eigenvalue weighted by Gasteiger charge is -2.14. The van der Waals surface area contributed by atoms with E-state index in [4.69, 9.17) is 0 Å². The third kappa shape index (κ3) is 6.36. The van der Waals surface area contributed by atoms with E-state index < -0.39 is 5.92 Å². The van der Waals surface area contributed by atoms with E-state index in [0.717, 1.165) is 24.8 Å². The Morgan fingerprint density at radius 2 is 1.35 bits per heavy atom. The first kappa shape index (κ1) is 22.9. The molecule has 1 atom stereocenters. The van der Waals surface area contributed by atoms with Gasteiger partial charge in [-0.2, -0.15) is 10.1 Å². The molecule has 0 unspecified atom stereocenters. The number of rotatable bonds is 13. The summed E-state index contributed by atoms with van der Waals surface area (Å²) in [5, 5.41) is 5.97. The first-order chi connectivity index (χ1) is 15.2. The Hall–Kier alpha value is -2.75. The maximum absolute atomic E-state index is 13.2. The lowest BCUT2D eigenvalue weighted by atomic mass is 9.90. The molecule has 0 spiro atoms. The van der Waals surface area contributed by atoms with Crippen LogP contribution in [0.1, 0.15) is 76.7 Å². The molecule has 0 aromatic heterocycles. The van der Waals surface area contributed by atoms with E-state index in [1.165, 1.54) is 43.5 Å². The fourth-order valence-electron chi connectivity index (χ4n) is 4.09. The Kier molecular flexibility index (Phi) is 9.01. The highest BCUT2D eigenvalue weighted by Gasteiger charge is 2.41. The number of para-hydroxylation sites is 1. The summed E-state index contributed by atoms with van der Waals surface area (Å²) in [7, 11) is 0. The van der Waals surface area contributed by atoms with E-state index in [1.807, 2.05) is 60.7 Å². The van der Waals surface area contributed by atoms with Crippen LogP contribution in [0.3, 0.4) is 0 Å². The predicted molar refractivity (Wildman–Crippen MR) is 127 cm³/mol. The monoisotopic (exact) mass is 418 g/mol. The van der Waals surface area contributed by atoms with Gasteiger partial charge in [0.15, 0.2) is 5.78 Å². The second-order valence-electron chi connectivity index (χ2n) is 8.31. The van der Waals surface area contributed by atoms with Gasteiger partial charge < -0.3 is 0 Å². The number of hydrogen-bond donors (Lipinski definition) is 0. The number of carbonyl (C=O) groups is 2. The molecular weight excluding hydrogens is 384 g/mol. The van der Waals surface area contributed by atoms with Crippen LogP contribution in [0, 0.1) is 5.92 Å². The number of benzene rings is 2. The van der Waals surface area contributed by atoms with E-state index in [-0.39, 0.29) is 11.7 Å². The Bertz CT molecular complexity index is 861. The van der Waals surface area contributed by atoms with Crippen molar-refractivity contribution in [1.29, 1.82) is 0 Å². The van der Waals surface area contributed by atoms with Crippen molar-refractivity contribution in [3.63, 3.8) is 0 Å². The molecular formula is C27H34N2O2. The maximum Gasteiger partial charge on any atom is 0.264 e. The summed E-state index contributed by atoms with van der Waals surface area (Å²) in [6.07, 6.45) is 11.2. The van der Waals surface area contributed by atoms with Crippen molar-refractivity contribution in [1.82, 2.24) is 0 Å². The minimum absolute atomic E-state index is 0.0195. The first-order valence-corrected chi connectivity index (χ1v) is 11.8. The zero-order valence-corrected chi connectivity index (χ0v) is 18.6. The number of ketones is 1. The second-order valence-corrected chi connectivity index (χ2v) is 8.31. The van der Waals surface area contributed by atoms with Crippen molar-refractivity contribution in [2.24, 2.45) is 11.0 Å². The normalized spacial score (nSPS) is 15.9. The van der Waals surface area contributed by atoms with E-state index in [2.05, 4.69) is 12.0 Å². The van der Waals surface area contributed by atoms with Gasteiger partial charge in [-0.05, 0) is 24.1 Å². The number of Topliss-reactive ketones (excluding diaryl/α,β-unsaturated/α-hetero) is 1. The van der Waals surface area contributed by atoms with E-state index in [1.54, 1.807) is 0 Å². The molecule has 1 aliphatic rings. The van der Waals surface area contributed by atoms with Crippen molar-refractivity contribution < 1.29 is 9.59 Å². The maximum atomic E-state index is 13.2. The third-order valence-electron chi connectivity index (χ3n) is 5.86. The highest BCUT2D eigenvalue weighted by atomic mass is 16.2. The van der Waals surface area contributed by atoms with Crippen LogP contribution >= 0.6 is 0 Å². The number of amides is 1. The van der Waals surface area contributed by atoms with Crippen LogP contribution in [0.5, 0.6) is 0 Å². The molecule has 0 saturated heterocycles. The smallest absolute Gasteiger partial charge is 0.264 e. The van der Waals surface area contributed by atoms with Crippen molar-refractivity contribution in [3.05, 3.63) is 66.2 Å². The molecule has 1 amide bonds. The Morgan fingerprint density at radius 3 is 1.97 bits per heavy atom. The van der Waals surface area contributed by atoms with Gasteiger partial charge in [0.2, 0.25) is 0 Å².